The number of thiazole rings is 1. The van der Waals surface area contributed by atoms with Gasteiger partial charge in [0, 0.05) is 11.3 Å². The molecule has 1 aliphatic rings. The maximum atomic E-state index is 14.2. The molecular weight excluding hydrogens is 739 g/mol. The number of hydrogen-bond donors (Lipinski definition) is 1. The first-order valence-electron chi connectivity index (χ1n) is 14.8. The number of para-hydroxylation sites is 1. The van der Waals surface area contributed by atoms with Crippen LogP contribution >= 0.6 is 33.9 Å². The number of benzene rings is 4. The summed E-state index contributed by atoms with van der Waals surface area (Å²) in [6.07, 6.45) is 1.79. The van der Waals surface area contributed by atoms with E-state index in [1.54, 1.807) is 56.1 Å². The Bertz CT molecular complexity index is 2290. The maximum Gasteiger partial charge on any atom is 0.271 e. The number of carbonyl (C=O) groups is 1. The first-order valence-corrected chi connectivity index (χ1v) is 16.7. The Kier molecular flexibility index (Phi) is 9.75. The van der Waals surface area contributed by atoms with Crippen molar-refractivity contribution < 1.29 is 19.0 Å². The summed E-state index contributed by atoms with van der Waals surface area (Å²) in [5.74, 6) is 1.27. The van der Waals surface area contributed by atoms with Crippen molar-refractivity contribution in [1.82, 2.24) is 4.57 Å². The van der Waals surface area contributed by atoms with Crippen molar-refractivity contribution in [1.29, 1.82) is 5.26 Å². The zero-order chi connectivity index (χ0) is 33.8. The molecule has 2 heterocycles. The molecule has 9 nitrogen and oxygen atoms in total. The van der Waals surface area contributed by atoms with Crippen molar-refractivity contribution in [2.45, 2.75) is 19.6 Å². The van der Waals surface area contributed by atoms with E-state index in [0.717, 1.165) is 14.7 Å². The number of nitriles is 1. The van der Waals surface area contributed by atoms with Crippen LogP contribution in [0.5, 0.6) is 17.2 Å². The third-order valence-electron chi connectivity index (χ3n) is 7.77. The van der Waals surface area contributed by atoms with Crippen LogP contribution in [0.2, 0.25) is 0 Å². The predicted octanol–water partition coefficient (Wildman–Crippen LogP) is 5.95. The van der Waals surface area contributed by atoms with Gasteiger partial charge in [-0.05, 0) is 89.2 Å². The fourth-order valence-electron chi connectivity index (χ4n) is 5.48. The molecule has 1 N–H and O–H groups in total. The molecule has 1 aromatic heterocycles. The molecule has 0 aliphatic carbocycles. The van der Waals surface area contributed by atoms with Crippen LogP contribution < -0.4 is 34.4 Å². The number of allylic oxidation sites excluding steroid dienone is 1. The van der Waals surface area contributed by atoms with Crippen molar-refractivity contribution in [3.05, 3.63) is 148 Å². The van der Waals surface area contributed by atoms with Crippen LogP contribution in [0, 0.1) is 14.9 Å². The zero-order valence-electron chi connectivity index (χ0n) is 26.2. The Morgan fingerprint density at radius 2 is 1.81 bits per heavy atom. The molecule has 11 heteroatoms. The van der Waals surface area contributed by atoms with Crippen LogP contribution in [-0.2, 0) is 11.4 Å². The van der Waals surface area contributed by atoms with Crippen molar-refractivity contribution in [3.8, 4) is 23.3 Å². The lowest BCUT2D eigenvalue weighted by Crippen LogP contribution is -2.40. The van der Waals surface area contributed by atoms with Gasteiger partial charge in [0.15, 0.2) is 16.3 Å². The van der Waals surface area contributed by atoms with Crippen molar-refractivity contribution in [2.24, 2.45) is 4.99 Å². The Morgan fingerprint density at radius 3 is 2.56 bits per heavy atom. The van der Waals surface area contributed by atoms with Gasteiger partial charge in [0.05, 0.1) is 51.3 Å². The minimum atomic E-state index is -0.746. The van der Waals surface area contributed by atoms with Crippen LogP contribution in [0.15, 0.2) is 112 Å². The molecule has 0 radical (unpaired) electrons. The number of hydrogen-bond acceptors (Lipinski definition) is 8. The highest BCUT2D eigenvalue weighted by molar-refractivity contribution is 14.1. The summed E-state index contributed by atoms with van der Waals surface area (Å²) in [7, 11) is 3.13. The molecule has 0 saturated heterocycles. The predicted molar refractivity (Wildman–Crippen MR) is 193 cm³/mol. The second-order valence-electron chi connectivity index (χ2n) is 10.8. The van der Waals surface area contributed by atoms with Crippen molar-refractivity contribution in [2.75, 3.05) is 19.5 Å². The van der Waals surface area contributed by atoms with E-state index in [9.17, 15) is 14.9 Å². The number of carbonyl (C=O) groups excluding carboxylic acids is 1. The van der Waals surface area contributed by atoms with Crippen molar-refractivity contribution in [3.63, 3.8) is 0 Å². The number of ether oxygens (including phenoxy) is 3. The summed E-state index contributed by atoms with van der Waals surface area (Å²) in [5.41, 5.74) is 3.97. The van der Waals surface area contributed by atoms with E-state index < -0.39 is 6.04 Å². The number of anilines is 1. The average Bonchev–Trinajstić information content (AvgIpc) is 3.40. The molecule has 240 valence electrons. The molecular formula is C37H29IN4O5S. The van der Waals surface area contributed by atoms with E-state index >= 15 is 0 Å². The third-order valence-corrected chi connectivity index (χ3v) is 9.55. The van der Waals surface area contributed by atoms with Crippen LogP contribution in [0.4, 0.5) is 5.69 Å². The maximum absolute atomic E-state index is 14.2. The molecule has 1 atom stereocenters. The zero-order valence-corrected chi connectivity index (χ0v) is 29.2. The number of halogens is 1. The van der Waals surface area contributed by atoms with Gasteiger partial charge in [0.25, 0.3) is 11.5 Å². The van der Waals surface area contributed by atoms with E-state index in [0.29, 0.717) is 54.7 Å². The molecule has 1 aliphatic heterocycles. The van der Waals surface area contributed by atoms with E-state index in [1.165, 1.54) is 11.3 Å². The molecule has 6 rings (SSSR count). The van der Waals surface area contributed by atoms with Gasteiger partial charge in [-0.2, -0.15) is 5.26 Å². The van der Waals surface area contributed by atoms with Gasteiger partial charge in [-0.1, -0.05) is 59.9 Å². The van der Waals surface area contributed by atoms with Gasteiger partial charge in [-0.15, -0.1) is 0 Å². The number of amides is 1. The Hall–Kier alpha value is -5.19. The monoisotopic (exact) mass is 768 g/mol. The first-order chi connectivity index (χ1) is 23.3. The van der Waals surface area contributed by atoms with Gasteiger partial charge < -0.3 is 19.5 Å². The molecule has 0 spiro atoms. The number of aromatic nitrogens is 1. The van der Waals surface area contributed by atoms with Crippen LogP contribution in [-0.4, -0.2) is 24.7 Å². The summed E-state index contributed by atoms with van der Waals surface area (Å²) in [6.45, 7) is 1.98. The van der Waals surface area contributed by atoms with Gasteiger partial charge in [-0.25, -0.2) is 4.99 Å². The van der Waals surface area contributed by atoms with E-state index in [4.69, 9.17) is 19.2 Å². The van der Waals surface area contributed by atoms with E-state index in [1.807, 2.05) is 66.7 Å². The quantitative estimate of drug-likeness (QED) is 0.186. The summed E-state index contributed by atoms with van der Waals surface area (Å²) >= 11 is 3.42. The van der Waals surface area contributed by atoms with Crippen LogP contribution in [0.3, 0.4) is 0 Å². The average molecular weight is 769 g/mol. The highest BCUT2D eigenvalue weighted by Gasteiger charge is 2.33. The molecule has 0 unspecified atom stereocenters. The minimum absolute atomic E-state index is 0.192. The smallest absolute Gasteiger partial charge is 0.271 e. The normalized spacial score (nSPS) is 14.1. The summed E-state index contributed by atoms with van der Waals surface area (Å²) < 4.78 is 20.1. The standard InChI is InChI=1S/C37H29IN4O5S/c1-22-32(35(43)41-27-13-5-4-6-14-27)33(24-12-9-15-28(19-24)45-2)42-36(44)31(48-37(42)40-22)18-23-16-29(38)34(30(17-23)46-3)47-21-26-11-8-7-10-25(26)20-39/h4-19,33H,21H2,1-3H3,(H,41,43)/b31-18-/t33-/m0/s1. The SMILES string of the molecule is COc1cccc([C@H]2C(C(=O)Nc3ccccc3)=C(C)N=c3s/c(=C\c4cc(I)c(OCc5ccccc5C#N)c(OC)c4)c(=O)n32)c1. The lowest BCUT2D eigenvalue weighted by Gasteiger charge is -2.25. The third kappa shape index (κ3) is 6.62. The minimum Gasteiger partial charge on any atom is -0.497 e. The van der Waals surface area contributed by atoms with Crippen molar-refractivity contribution >= 4 is 51.6 Å². The van der Waals surface area contributed by atoms with E-state index in [-0.39, 0.29) is 18.1 Å². The molecule has 0 saturated carbocycles. The molecule has 1 amide bonds. The number of nitrogens with one attached hydrogen (secondary N) is 1. The van der Waals surface area contributed by atoms with E-state index in [2.05, 4.69) is 34.0 Å². The number of fused-ring (bicyclic) bond motifs is 1. The van der Waals surface area contributed by atoms with Gasteiger partial charge in [0.2, 0.25) is 0 Å². The van der Waals surface area contributed by atoms with Crippen LogP contribution in [0.25, 0.3) is 6.08 Å². The fraction of sp³-hybridized carbons (Fsp3) is 0.135. The van der Waals surface area contributed by atoms with Gasteiger partial charge in [0.1, 0.15) is 12.4 Å². The molecule has 48 heavy (non-hydrogen) atoms. The van der Waals surface area contributed by atoms with Gasteiger partial charge >= 0.3 is 0 Å². The lowest BCUT2D eigenvalue weighted by atomic mass is 9.95. The Labute approximate surface area is 294 Å². The highest BCUT2D eigenvalue weighted by Crippen LogP contribution is 2.35. The molecule has 0 fully saturated rings. The number of methoxy groups -OCH3 is 2. The fourth-order valence-corrected chi connectivity index (χ4v) is 7.31. The lowest BCUT2D eigenvalue weighted by molar-refractivity contribution is -0.113. The second-order valence-corrected chi connectivity index (χ2v) is 12.9. The van der Waals surface area contributed by atoms with Crippen LogP contribution in [0.1, 0.15) is 35.2 Å². The summed E-state index contributed by atoms with van der Waals surface area (Å²) in [5, 5.41) is 12.4. The highest BCUT2D eigenvalue weighted by atomic mass is 127. The summed E-state index contributed by atoms with van der Waals surface area (Å²) in [4.78, 5) is 33.3. The number of rotatable bonds is 9. The Balaban J connectivity index is 1.41. The molecule has 4 aromatic carbocycles. The molecule has 5 aromatic rings. The largest absolute Gasteiger partial charge is 0.497 e. The second kappa shape index (κ2) is 14.3. The first kappa shape index (κ1) is 32.7. The molecule has 0 bridgehead atoms. The topological polar surface area (TPSA) is 115 Å². The Morgan fingerprint density at radius 1 is 1.04 bits per heavy atom. The summed E-state index contributed by atoms with van der Waals surface area (Å²) in [6, 6.07) is 28.9. The number of nitrogens with zero attached hydrogens (tertiary/aromatic N) is 3. The van der Waals surface area contributed by atoms with Gasteiger partial charge in [-0.3, -0.25) is 14.2 Å².